The number of ether oxygens (including phenoxy) is 1. The Bertz CT molecular complexity index is 699. The molecule has 5 nitrogen and oxygen atoms in total. The number of halogens is 3. The highest BCUT2D eigenvalue weighted by atomic mass is 35.5. The van der Waals surface area contributed by atoms with Crippen LogP contribution in [-0.4, -0.2) is 15.7 Å². The number of benzene rings is 1. The summed E-state index contributed by atoms with van der Waals surface area (Å²) in [5, 5.41) is 4.90. The van der Waals surface area contributed by atoms with Gasteiger partial charge in [0.15, 0.2) is 6.61 Å². The minimum Gasteiger partial charge on any atom is -0.485 e. The smallest absolute Gasteiger partial charge is 0.233 e. The summed E-state index contributed by atoms with van der Waals surface area (Å²) in [7, 11) is 0. The third-order valence-corrected chi connectivity index (χ3v) is 4.99. The van der Waals surface area contributed by atoms with Crippen LogP contribution < -0.4 is 10.5 Å². The Morgan fingerprint density at radius 1 is 1.23 bits per heavy atom. The fraction of sp³-hybridized carbons (Fsp3) is 0.429. The van der Waals surface area contributed by atoms with Gasteiger partial charge >= 0.3 is 0 Å². The standard InChI is InChI=1S/C14H13Cl2N3O2.ClH/c15-9-2-1-8(3-10(9)16)20-4-11-18-12(21-19-11)13-5-14(17,6-13)7-13;/h1-3H,4-7,17H2;1H. The highest BCUT2D eigenvalue weighted by Crippen LogP contribution is 2.65. The Morgan fingerprint density at radius 2 is 1.95 bits per heavy atom. The lowest BCUT2D eigenvalue weighted by Crippen LogP contribution is -2.74. The van der Waals surface area contributed by atoms with Gasteiger partial charge in [-0.3, -0.25) is 0 Å². The van der Waals surface area contributed by atoms with E-state index in [1.165, 1.54) is 0 Å². The molecule has 0 saturated heterocycles. The van der Waals surface area contributed by atoms with E-state index in [4.69, 9.17) is 38.2 Å². The lowest BCUT2D eigenvalue weighted by atomic mass is 9.40. The van der Waals surface area contributed by atoms with Gasteiger partial charge in [-0.15, -0.1) is 12.4 Å². The fourth-order valence-electron chi connectivity index (χ4n) is 3.34. The van der Waals surface area contributed by atoms with Crippen molar-refractivity contribution in [3.05, 3.63) is 40.0 Å². The van der Waals surface area contributed by atoms with Crippen LogP contribution in [0.25, 0.3) is 0 Å². The van der Waals surface area contributed by atoms with Gasteiger partial charge in [-0.1, -0.05) is 28.4 Å². The van der Waals surface area contributed by atoms with Gasteiger partial charge in [0.1, 0.15) is 5.75 Å². The second-order valence-corrected chi connectivity index (χ2v) is 6.87. The number of nitrogens with zero attached hydrogens (tertiary/aromatic N) is 2. The maximum Gasteiger partial charge on any atom is 0.233 e. The van der Waals surface area contributed by atoms with E-state index >= 15 is 0 Å². The predicted molar refractivity (Wildman–Crippen MR) is 84.8 cm³/mol. The van der Waals surface area contributed by atoms with Crippen molar-refractivity contribution in [2.45, 2.75) is 36.8 Å². The first-order valence-corrected chi connectivity index (χ1v) is 7.44. The van der Waals surface area contributed by atoms with Crippen LogP contribution in [0, 0.1) is 0 Å². The molecule has 0 amide bonds. The van der Waals surface area contributed by atoms with Crippen molar-refractivity contribution < 1.29 is 9.26 Å². The highest BCUT2D eigenvalue weighted by molar-refractivity contribution is 6.42. The molecule has 0 radical (unpaired) electrons. The van der Waals surface area contributed by atoms with Gasteiger partial charge in [0.25, 0.3) is 0 Å². The molecule has 3 fully saturated rings. The van der Waals surface area contributed by atoms with E-state index in [1.54, 1.807) is 18.2 Å². The molecule has 22 heavy (non-hydrogen) atoms. The maximum absolute atomic E-state index is 6.04. The molecule has 3 saturated carbocycles. The van der Waals surface area contributed by atoms with Crippen molar-refractivity contribution in [3.63, 3.8) is 0 Å². The summed E-state index contributed by atoms with van der Waals surface area (Å²) in [5.74, 6) is 1.82. The Kier molecular flexibility index (Phi) is 3.80. The molecule has 3 aliphatic rings. The first-order valence-electron chi connectivity index (χ1n) is 6.68. The summed E-state index contributed by atoms with van der Waals surface area (Å²) in [5.41, 5.74) is 6.09. The number of rotatable bonds is 4. The monoisotopic (exact) mass is 361 g/mol. The van der Waals surface area contributed by atoms with Gasteiger partial charge in [-0.25, -0.2) is 0 Å². The van der Waals surface area contributed by atoms with Crippen LogP contribution in [0.4, 0.5) is 0 Å². The third kappa shape index (κ3) is 2.46. The minimum absolute atomic E-state index is 0. The summed E-state index contributed by atoms with van der Waals surface area (Å²) >= 11 is 11.8. The molecule has 1 heterocycles. The first kappa shape index (κ1) is 15.9. The van der Waals surface area contributed by atoms with Crippen LogP contribution in [-0.2, 0) is 12.0 Å². The quantitative estimate of drug-likeness (QED) is 0.901. The molecular formula is C14H14Cl3N3O2. The topological polar surface area (TPSA) is 74.2 Å². The molecular weight excluding hydrogens is 349 g/mol. The van der Waals surface area contributed by atoms with Crippen LogP contribution in [0.5, 0.6) is 5.75 Å². The molecule has 0 atom stereocenters. The number of hydrogen-bond acceptors (Lipinski definition) is 5. The fourth-order valence-corrected chi connectivity index (χ4v) is 3.62. The molecule has 118 valence electrons. The van der Waals surface area contributed by atoms with Crippen LogP contribution in [0.15, 0.2) is 22.7 Å². The summed E-state index contributed by atoms with van der Waals surface area (Å²) < 4.78 is 10.9. The molecule has 2 N–H and O–H groups in total. The summed E-state index contributed by atoms with van der Waals surface area (Å²) in [4.78, 5) is 4.41. The summed E-state index contributed by atoms with van der Waals surface area (Å²) in [6.07, 6.45) is 2.82. The Balaban J connectivity index is 0.00000144. The molecule has 0 spiro atoms. The van der Waals surface area contributed by atoms with Crippen molar-refractivity contribution >= 4 is 35.6 Å². The van der Waals surface area contributed by atoms with Crippen LogP contribution in [0.3, 0.4) is 0 Å². The van der Waals surface area contributed by atoms with E-state index < -0.39 is 0 Å². The van der Waals surface area contributed by atoms with E-state index in [-0.39, 0.29) is 30.0 Å². The lowest BCUT2D eigenvalue weighted by Gasteiger charge is -2.66. The van der Waals surface area contributed by atoms with E-state index in [2.05, 4.69) is 10.1 Å². The van der Waals surface area contributed by atoms with Gasteiger partial charge in [-0.2, -0.15) is 4.98 Å². The second kappa shape index (κ2) is 5.27. The summed E-state index contributed by atoms with van der Waals surface area (Å²) in [6, 6.07) is 5.09. The highest BCUT2D eigenvalue weighted by Gasteiger charge is 2.69. The predicted octanol–water partition coefficient (Wildman–Crippen LogP) is 3.51. The molecule has 2 aromatic rings. The molecule has 0 aliphatic heterocycles. The molecule has 5 rings (SSSR count). The Hall–Kier alpha value is -1.01. The molecule has 1 aromatic heterocycles. The molecule has 0 unspecified atom stereocenters. The molecule has 8 heteroatoms. The number of aromatic nitrogens is 2. The average Bonchev–Trinajstić information content (AvgIpc) is 2.84. The zero-order valence-electron chi connectivity index (χ0n) is 11.5. The molecule has 3 aliphatic carbocycles. The number of nitrogens with two attached hydrogens (primary N) is 1. The van der Waals surface area contributed by atoms with Gasteiger partial charge < -0.3 is 15.0 Å². The molecule has 2 bridgehead atoms. The van der Waals surface area contributed by atoms with Crippen molar-refractivity contribution in [1.82, 2.24) is 10.1 Å². The Morgan fingerprint density at radius 3 is 2.59 bits per heavy atom. The van der Waals surface area contributed by atoms with E-state index in [0.717, 1.165) is 19.3 Å². The van der Waals surface area contributed by atoms with Crippen LogP contribution in [0.1, 0.15) is 31.0 Å². The average molecular weight is 363 g/mol. The largest absolute Gasteiger partial charge is 0.485 e. The van der Waals surface area contributed by atoms with E-state index in [0.29, 0.717) is 27.5 Å². The van der Waals surface area contributed by atoms with Gasteiger partial charge in [0.2, 0.25) is 11.7 Å². The minimum atomic E-state index is 0. The third-order valence-electron chi connectivity index (χ3n) is 4.25. The van der Waals surface area contributed by atoms with Crippen LogP contribution in [0.2, 0.25) is 10.0 Å². The normalized spacial score (nSPS) is 28.3. The van der Waals surface area contributed by atoms with E-state index in [1.807, 2.05) is 0 Å². The first-order chi connectivity index (χ1) is 9.98. The van der Waals surface area contributed by atoms with E-state index in [9.17, 15) is 0 Å². The van der Waals surface area contributed by atoms with Crippen molar-refractivity contribution in [2.24, 2.45) is 5.73 Å². The zero-order valence-corrected chi connectivity index (χ0v) is 13.8. The van der Waals surface area contributed by atoms with Gasteiger partial charge in [0.05, 0.1) is 15.5 Å². The van der Waals surface area contributed by atoms with Crippen molar-refractivity contribution in [2.75, 3.05) is 0 Å². The second-order valence-electron chi connectivity index (χ2n) is 6.05. The van der Waals surface area contributed by atoms with Crippen molar-refractivity contribution in [1.29, 1.82) is 0 Å². The number of hydrogen-bond donors (Lipinski definition) is 1. The van der Waals surface area contributed by atoms with Crippen molar-refractivity contribution in [3.8, 4) is 5.75 Å². The zero-order chi connectivity index (χ0) is 14.7. The van der Waals surface area contributed by atoms with Gasteiger partial charge in [-0.05, 0) is 31.4 Å². The van der Waals surface area contributed by atoms with Gasteiger partial charge in [0, 0.05) is 11.6 Å². The lowest BCUT2D eigenvalue weighted by molar-refractivity contribution is -0.0793. The maximum atomic E-state index is 6.04. The summed E-state index contributed by atoms with van der Waals surface area (Å²) in [6.45, 7) is 0.227. The Labute approximate surface area is 143 Å². The van der Waals surface area contributed by atoms with Crippen LogP contribution >= 0.6 is 35.6 Å². The molecule has 1 aromatic carbocycles. The SMILES string of the molecule is Cl.NC12CC(c3nc(COc4ccc(Cl)c(Cl)c4)no3)(C1)C2.